The average Bonchev–Trinajstić information content (AvgIpc) is 3.00. The fourth-order valence-electron chi connectivity index (χ4n) is 4.07. The summed E-state index contributed by atoms with van der Waals surface area (Å²) in [6.45, 7) is 2.53. The Balaban J connectivity index is 1.54. The Labute approximate surface area is 154 Å². The van der Waals surface area contributed by atoms with Crippen LogP contribution >= 0.6 is 11.6 Å². The molecule has 2 aliphatic rings. The van der Waals surface area contributed by atoms with Gasteiger partial charge in [0, 0.05) is 24.4 Å². The van der Waals surface area contributed by atoms with Crippen LogP contribution in [0.5, 0.6) is 5.75 Å². The topological polar surface area (TPSA) is 21.7 Å². The lowest BCUT2D eigenvalue weighted by molar-refractivity contribution is -0.191. The summed E-state index contributed by atoms with van der Waals surface area (Å²) in [4.78, 5) is 5.91. The number of halogens is 1. The maximum Gasteiger partial charge on any atom is 0.120 e. The number of alkyl halides is 1. The Morgan fingerprint density at radius 3 is 2.84 bits per heavy atom. The van der Waals surface area contributed by atoms with Crippen molar-refractivity contribution < 1.29 is 9.57 Å². The van der Waals surface area contributed by atoms with E-state index >= 15 is 0 Å². The van der Waals surface area contributed by atoms with Crippen LogP contribution in [0.15, 0.2) is 54.6 Å². The molecule has 3 nitrogen and oxygen atoms in total. The van der Waals surface area contributed by atoms with Gasteiger partial charge < -0.3 is 4.74 Å². The van der Waals surface area contributed by atoms with Crippen molar-refractivity contribution in [2.45, 2.75) is 37.4 Å². The molecule has 2 aromatic carbocycles. The molecule has 4 rings (SSSR count). The summed E-state index contributed by atoms with van der Waals surface area (Å²) in [5.41, 5.74) is 2.56. The molecule has 0 aliphatic carbocycles. The van der Waals surface area contributed by atoms with Crippen molar-refractivity contribution in [1.29, 1.82) is 0 Å². The molecule has 2 heterocycles. The summed E-state index contributed by atoms with van der Waals surface area (Å²) >= 11 is 6.18. The molecule has 4 heteroatoms. The second kappa shape index (κ2) is 7.36. The third-order valence-corrected chi connectivity index (χ3v) is 5.55. The van der Waals surface area contributed by atoms with Crippen LogP contribution in [-0.2, 0) is 16.9 Å². The number of nitrogens with zero attached hydrogens (tertiary/aromatic N) is 1. The second-order valence-electron chi connectivity index (χ2n) is 7.11. The van der Waals surface area contributed by atoms with Crippen molar-refractivity contribution in [1.82, 2.24) is 5.06 Å². The predicted molar refractivity (Wildman–Crippen MR) is 99.9 cm³/mol. The van der Waals surface area contributed by atoms with Crippen LogP contribution in [0.1, 0.15) is 30.4 Å². The standard InChI is InChI=1S/C21H24ClNO2/c22-11-10-21(14-20-9-12-23(16-21)25-20)18-7-4-8-19(13-18)24-15-17-5-2-1-3-6-17/h1-8,13,20H,9-12,14-16H2. The molecule has 0 radical (unpaired) electrons. The van der Waals surface area contributed by atoms with Crippen molar-refractivity contribution >= 4 is 11.6 Å². The van der Waals surface area contributed by atoms with Gasteiger partial charge in [-0.05, 0) is 42.5 Å². The molecule has 132 valence electrons. The van der Waals surface area contributed by atoms with Crippen LogP contribution in [0.2, 0.25) is 0 Å². The summed E-state index contributed by atoms with van der Waals surface area (Å²) in [5.74, 6) is 1.58. The second-order valence-corrected chi connectivity index (χ2v) is 7.48. The minimum absolute atomic E-state index is 0.0628. The van der Waals surface area contributed by atoms with Crippen LogP contribution in [0.3, 0.4) is 0 Å². The number of rotatable bonds is 6. The number of hydrogen-bond acceptors (Lipinski definition) is 3. The van der Waals surface area contributed by atoms with Gasteiger partial charge in [0.1, 0.15) is 12.4 Å². The maximum atomic E-state index is 6.18. The van der Waals surface area contributed by atoms with Crippen molar-refractivity contribution in [2.75, 3.05) is 19.0 Å². The molecule has 2 saturated heterocycles. The van der Waals surface area contributed by atoms with E-state index in [0.717, 1.165) is 38.1 Å². The molecule has 2 aromatic rings. The van der Waals surface area contributed by atoms with Crippen molar-refractivity contribution in [3.63, 3.8) is 0 Å². The molecule has 2 fully saturated rings. The Kier molecular flexibility index (Phi) is 4.98. The van der Waals surface area contributed by atoms with E-state index in [0.29, 0.717) is 18.6 Å². The van der Waals surface area contributed by atoms with Gasteiger partial charge in [0.2, 0.25) is 0 Å². The Morgan fingerprint density at radius 2 is 2.04 bits per heavy atom. The maximum absolute atomic E-state index is 6.18. The number of fused-ring (bicyclic) bond motifs is 2. The van der Waals surface area contributed by atoms with E-state index in [2.05, 4.69) is 35.4 Å². The van der Waals surface area contributed by atoms with Gasteiger partial charge in [-0.15, -0.1) is 11.6 Å². The molecule has 2 bridgehead atoms. The summed E-state index contributed by atoms with van der Waals surface area (Å²) in [6, 6.07) is 18.8. The van der Waals surface area contributed by atoms with Crippen LogP contribution in [-0.4, -0.2) is 30.1 Å². The average molecular weight is 358 g/mol. The van der Waals surface area contributed by atoms with Gasteiger partial charge in [0.05, 0.1) is 6.10 Å². The molecular weight excluding hydrogens is 334 g/mol. The first-order valence-corrected chi connectivity index (χ1v) is 9.56. The Morgan fingerprint density at radius 1 is 1.16 bits per heavy atom. The normalized spacial score (nSPS) is 28.0. The first kappa shape index (κ1) is 16.9. The SMILES string of the molecule is ClCCC1(c2cccc(OCc3ccccc3)c2)CC2CCN(C1)O2. The number of hydrogen-bond donors (Lipinski definition) is 0. The van der Waals surface area contributed by atoms with Gasteiger partial charge in [0.25, 0.3) is 0 Å². The Bertz CT molecular complexity index is 694. The zero-order chi connectivity index (χ0) is 17.1. The minimum Gasteiger partial charge on any atom is -0.489 e. The van der Waals surface area contributed by atoms with E-state index in [1.54, 1.807) is 0 Å². The predicted octanol–water partition coefficient (Wildman–Crippen LogP) is 4.54. The molecule has 3 atom stereocenters. The highest BCUT2D eigenvalue weighted by Crippen LogP contribution is 2.43. The van der Waals surface area contributed by atoms with Gasteiger partial charge >= 0.3 is 0 Å². The van der Waals surface area contributed by atoms with Crippen LogP contribution in [0.4, 0.5) is 0 Å². The molecule has 0 saturated carbocycles. The van der Waals surface area contributed by atoms with E-state index < -0.39 is 0 Å². The highest BCUT2D eigenvalue weighted by Gasteiger charge is 2.44. The lowest BCUT2D eigenvalue weighted by atomic mass is 9.73. The zero-order valence-corrected chi connectivity index (χ0v) is 15.1. The van der Waals surface area contributed by atoms with Crippen molar-refractivity contribution in [3.05, 3.63) is 65.7 Å². The third-order valence-electron chi connectivity index (χ3n) is 5.36. The molecule has 0 N–H and O–H groups in total. The summed E-state index contributed by atoms with van der Waals surface area (Å²) in [6.07, 6.45) is 3.45. The van der Waals surface area contributed by atoms with E-state index in [4.69, 9.17) is 21.2 Å². The molecular formula is C21H24ClNO2. The quantitative estimate of drug-likeness (QED) is 0.708. The van der Waals surface area contributed by atoms with E-state index in [1.807, 2.05) is 24.3 Å². The van der Waals surface area contributed by atoms with E-state index in [-0.39, 0.29) is 5.41 Å². The fourth-order valence-corrected chi connectivity index (χ4v) is 4.43. The van der Waals surface area contributed by atoms with Gasteiger partial charge in [-0.2, -0.15) is 5.06 Å². The molecule has 2 aliphatic heterocycles. The monoisotopic (exact) mass is 357 g/mol. The van der Waals surface area contributed by atoms with Crippen molar-refractivity contribution in [2.24, 2.45) is 0 Å². The first-order valence-electron chi connectivity index (χ1n) is 9.02. The summed E-state index contributed by atoms with van der Waals surface area (Å²) in [7, 11) is 0. The smallest absolute Gasteiger partial charge is 0.120 e. The van der Waals surface area contributed by atoms with Gasteiger partial charge in [-0.25, -0.2) is 0 Å². The van der Waals surface area contributed by atoms with Gasteiger partial charge in [-0.3, -0.25) is 4.84 Å². The Hall–Kier alpha value is -1.55. The number of ether oxygens (including phenoxy) is 1. The first-order chi connectivity index (χ1) is 12.3. The van der Waals surface area contributed by atoms with Crippen LogP contribution in [0, 0.1) is 0 Å². The number of benzene rings is 2. The summed E-state index contributed by atoms with van der Waals surface area (Å²) in [5, 5.41) is 2.12. The third kappa shape index (κ3) is 3.69. The fraction of sp³-hybridized carbons (Fsp3) is 0.429. The molecule has 0 spiro atoms. The lowest BCUT2D eigenvalue weighted by Crippen LogP contribution is -2.45. The number of hydroxylamine groups is 2. The summed E-state index contributed by atoms with van der Waals surface area (Å²) < 4.78 is 6.04. The minimum atomic E-state index is 0.0628. The van der Waals surface area contributed by atoms with E-state index in [1.165, 1.54) is 11.1 Å². The van der Waals surface area contributed by atoms with Gasteiger partial charge in [-0.1, -0.05) is 42.5 Å². The van der Waals surface area contributed by atoms with Crippen LogP contribution < -0.4 is 4.74 Å². The molecule has 25 heavy (non-hydrogen) atoms. The lowest BCUT2D eigenvalue weighted by Gasteiger charge is -2.41. The molecule has 0 amide bonds. The van der Waals surface area contributed by atoms with Crippen LogP contribution in [0.25, 0.3) is 0 Å². The largest absolute Gasteiger partial charge is 0.489 e. The molecule has 0 aromatic heterocycles. The zero-order valence-electron chi connectivity index (χ0n) is 14.4. The van der Waals surface area contributed by atoms with Gasteiger partial charge in [0.15, 0.2) is 0 Å². The highest BCUT2D eigenvalue weighted by atomic mass is 35.5. The highest BCUT2D eigenvalue weighted by molar-refractivity contribution is 6.17. The van der Waals surface area contributed by atoms with Crippen molar-refractivity contribution in [3.8, 4) is 5.75 Å². The van der Waals surface area contributed by atoms with E-state index in [9.17, 15) is 0 Å². The molecule has 3 unspecified atom stereocenters.